The number of quaternary nitrogens is 1. The van der Waals surface area contributed by atoms with E-state index in [1.165, 1.54) is 0 Å². The number of hydrogen-bond donors (Lipinski definition) is 2. The average Bonchev–Trinajstić information content (AvgIpc) is 2.24. The fraction of sp³-hybridized carbons (Fsp3) is 0.857. The minimum atomic E-state index is -1.00. The highest BCUT2D eigenvalue weighted by Gasteiger charge is 2.30. The first-order valence-corrected chi connectivity index (χ1v) is 6.97. The Morgan fingerprint density at radius 1 is 1.20 bits per heavy atom. The molecule has 0 spiro atoms. The van der Waals surface area contributed by atoms with E-state index >= 15 is 0 Å². The number of carbonyl (C=O) groups excluding carboxylic acids is 1. The molecule has 0 saturated carbocycles. The number of carboxylic acids is 2. The van der Waals surface area contributed by atoms with Crippen LogP contribution in [0.15, 0.2) is 0 Å². The van der Waals surface area contributed by atoms with E-state index < -0.39 is 17.5 Å². The van der Waals surface area contributed by atoms with Gasteiger partial charge in [-0.25, -0.2) is 0 Å². The Kier molecular flexibility index (Phi) is 10.3. The highest BCUT2D eigenvalue weighted by molar-refractivity contribution is 5.78. The monoisotopic (exact) mass is 290 g/mol. The standard InChI is InChI=1S/C9H19NO2.C5H11NO2/c1-4-6-9(3,8(11)12)10-7-5-2;1-6(2,3)4-5(7)8/h10H,4-7H2,1-3H3,(H,11,12);4H2,1-3H3. The highest BCUT2D eigenvalue weighted by Crippen LogP contribution is 2.12. The summed E-state index contributed by atoms with van der Waals surface area (Å²) in [6.07, 6.45) is 2.54. The lowest BCUT2D eigenvalue weighted by molar-refractivity contribution is -0.864. The van der Waals surface area contributed by atoms with Gasteiger partial charge in [0.15, 0.2) is 0 Å². The topological polar surface area (TPSA) is 89.5 Å². The quantitative estimate of drug-likeness (QED) is 0.618. The van der Waals surface area contributed by atoms with E-state index in [0.717, 1.165) is 19.4 Å². The number of nitrogens with one attached hydrogen (secondary N) is 1. The van der Waals surface area contributed by atoms with Gasteiger partial charge in [-0.1, -0.05) is 20.3 Å². The third-order valence-corrected chi connectivity index (χ3v) is 2.59. The molecule has 6 nitrogen and oxygen atoms in total. The molecule has 0 aliphatic heterocycles. The van der Waals surface area contributed by atoms with Crippen molar-refractivity contribution in [1.29, 1.82) is 0 Å². The zero-order valence-corrected chi connectivity index (χ0v) is 13.7. The smallest absolute Gasteiger partial charge is 0.323 e. The van der Waals surface area contributed by atoms with Crippen molar-refractivity contribution in [3.05, 3.63) is 0 Å². The molecular weight excluding hydrogens is 260 g/mol. The van der Waals surface area contributed by atoms with E-state index in [1.807, 2.05) is 13.8 Å². The van der Waals surface area contributed by atoms with Crippen molar-refractivity contribution >= 4 is 11.9 Å². The second kappa shape index (κ2) is 9.72. The lowest BCUT2D eigenvalue weighted by atomic mass is 9.96. The molecule has 6 heteroatoms. The molecule has 0 aliphatic rings. The van der Waals surface area contributed by atoms with E-state index in [1.54, 1.807) is 28.1 Å². The minimum Gasteiger partial charge on any atom is -0.544 e. The lowest BCUT2D eigenvalue weighted by Gasteiger charge is -2.25. The predicted octanol–water partition coefficient (Wildman–Crippen LogP) is 0.0719. The maximum absolute atomic E-state index is 10.9. The third kappa shape index (κ3) is 11.9. The maximum atomic E-state index is 10.9. The first kappa shape index (κ1) is 21.2. The summed E-state index contributed by atoms with van der Waals surface area (Å²) in [7, 11) is 5.40. The molecule has 0 aromatic rings. The van der Waals surface area contributed by atoms with Gasteiger partial charge in [-0.05, 0) is 26.3 Å². The predicted molar refractivity (Wildman–Crippen MR) is 77.1 cm³/mol. The van der Waals surface area contributed by atoms with Gasteiger partial charge in [-0.2, -0.15) is 0 Å². The number of aliphatic carboxylic acids is 2. The molecule has 20 heavy (non-hydrogen) atoms. The van der Waals surface area contributed by atoms with Crippen molar-refractivity contribution in [1.82, 2.24) is 5.32 Å². The first-order valence-electron chi connectivity index (χ1n) is 6.97. The Labute approximate surface area is 122 Å². The highest BCUT2D eigenvalue weighted by atomic mass is 16.4. The molecule has 0 rings (SSSR count). The van der Waals surface area contributed by atoms with Crippen LogP contribution in [-0.4, -0.2) is 61.3 Å². The van der Waals surface area contributed by atoms with E-state index in [4.69, 9.17) is 5.11 Å². The van der Waals surface area contributed by atoms with E-state index in [2.05, 4.69) is 5.32 Å². The molecule has 0 heterocycles. The fourth-order valence-electron chi connectivity index (χ4n) is 1.56. The van der Waals surface area contributed by atoms with Crippen LogP contribution in [0, 0.1) is 0 Å². The number of nitrogens with zero attached hydrogens (tertiary/aromatic N) is 1. The van der Waals surface area contributed by atoms with Crippen LogP contribution in [-0.2, 0) is 9.59 Å². The van der Waals surface area contributed by atoms with Crippen LogP contribution < -0.4 is 10.4 Å². The van der Waals surface area contributed by atoms with Crippen molar-refractivity contribution < 1.29 is 24.3 Å². The summed E-state index contributed by atoms with van der Waals surface area (Å²) >= 11 is 0. The number of likely N-dealkylation sites (N-methyl/N-ethyl adjacent to an activating group) is 1. The Balaban J connectivity index is 0. The maximum Gasteiger partial charge on any atom is 0.323 e. The van der Waals surface area contributed by atoms with Crippen molar-refractivity contribution in [3.8, 4) is 0 Å². The van der Waals surface area contributed by atoms with E-state index in [9.17, 15) is 14.7 Å². The number of hydrogen-bond acceptors (Lipinski definition) is 4. The van der Waals surface area contributed by atoms with Crippen molar-refractivity contribution in [2.75, 3.05) is 34.2 Å². The van der Waals surface area contributed by atoms with Gasteiger partial charge in [0.2, 0.25) is 0 Å². The molecule has 1 unspecified atom stereocenters. The third-order valence-electron chi connectivity index (χ3n) is 2.59. The molecule has 0 amide bonds. The van der Waals surface area contributed by atoms with Crippen molar-refractivity contribution in [3.63, 3.8) is 0 Å². The summed E-state index contributed by atoms with van der Waals surface area (Å²) in [5, 5.41) is 21.9. The van der Waals surface area contributed by atoms with Gasteiger partial charge in [0, 0.05) is 0 Å². The molecule has 0 aromatic heterocycles. The Bertz CT molecular complexity index is 300. The number of rotatable bonds is 8. The van der Waals surface area contributed by atoms with Gasteiger partial charge in [0.05, 0.1) is 27.1 Å². The summed E-state index contributed by atoms with van der Waals surface area (Å²) in [6, 6.07) is 0. The molecule has 0 aliphatic carbocycles. The summed E-state index contributed by atoms with van der Waals surface area (Å²) in [5.41, 5.74) is -0.731. The molecule has 2 N–H and O–H groups in total. The molecule has 0 aromatic carbocycles. The molecule has 1 atom stereocenters. The van der Waals surface area contributed by atoms with Crippen LogP contribution in [0.3, 0.4) is 0 Å². The van der Waals surface area contributed by atoms with Crippen LogP contribution in [0.2, 0.25) is 0 Å². The molecular formula is C14H30N2O4. The Morgan fingerprint density at radius 2 is 1.70 bits per heavy atom. The summed E-state index contributed by atoms with van der Waals surface area (Å²) in [5.74, 6) is -1.75. The largest absolute Gasteiger partial charge is 0.544 e. The molecule has 0 fully saturated rings. The lowest BCUT2D eigenvalue weighted by Crippen LogP contribution is -2.49. The van der Waals surface area contributed by atoms with Gasteiger partial charge in [-0.15, -0.1) is 0 Å². The molecule has 120 valence electrons. The Morgan fingerprint density at radius 3 is 1.90 bits per heavy atom. The summed E-state index contributed by atoms with van der Waals surface area (Å²) < 4.78 is 0.419. The zero-order chi connectivity index (χ0) is 16.4. The second-order valence-corrected chi connectivity index (χ2v) is 6.13. The van der Waals surface area contributed by atoms with Crippen LogP contribution >= 0.6 is 0 Å². The van der Waals surface area contributed by atoms with Crippen LogP contribution in [0.5, 0.6) is 0 Å². The van der Waals surface area contributed by atoms with Gasteiger partial charge >= 0.3 is 5.97 Å². The summed E-state index contributed by atoms with van der Waals surface area (Å²) in [4.78, 5) is 20.7. The van der Waals surface area contributed by atoms with Gasteiger partial charge in [0.1, 0.15) is 12.1 Å². The van der Waals surface area contributed by atoms with Gasteiger partial charge in [-0.3, -0.25) is 4.79 Å². The fourth-order valence-corrected chi connectivity index (χ4v) is 1.56. The minimum absolute atomic E-state index is 0.0694. The van der Waals surface area contributed by atoms with Crippen molar-refractivity contribution in [2.24, 2.45) is 0 Å². The van der Waals surface area contributed by atoms with E-state index in [-0.39, 0.29) is 6.54 Å². The Hall–Kier alpha value is -1.14. The molecule has 0 radical (unpaired) electrons. The van der Waals surface area contributed by atoms with E-state index in [0.29, 0.717) is 10.9 Å². The van der Waals surface area contributed by atoms with Crippen LogP contribution in [0.25, 0.3) is 0 Å². The summed E-state index contributed by atoms with van der Waals surface area (Å²) in [6.45, 7) is 6.60. The number of carboxylic acid groups (broad SMARTS) is 2. The SMILES string of the molecule is CCCNC(C)(CCC)C(=O)O.C[N+](C)(C)CC(=O)[O-]. The second-order valence-electron chi connectivity index (χ2n) is 6.13. The average molecular weight is 290 g/mol. The molecule has 0 bridgehead atoms. The van der Waals surface area contributed by atoms with Crippen LogP contribution in [0.4, 0.5) is 0 Å². The van der Waals surface area contributed by atoms with Crippen LogP contribution in [0.1, 0.15) is 40.0 Å². The first-order chi connectivity index (χ1) is 8.98. The zero-order valence-electron chi connectivity index (χ0n) is 13.7. The normalized spacial score (nSPS) is 13.9. The van der Waals surface area contributed by atoms with Gasteiger partial charge < -0.3 is 24.8 Å². The van der Waals surface area contributed by atoms with Crippen molar-refractivity contribution in [2.45, 2.75) is 45.6 Å². The number of carbonyl (C=O) groups is 2. The molecule has 0 saturated heterocycles. The van der Waals surface area contributed by atoms with Gasteiger partial charge in [0.25, 0.3) is 0 Å².